The number of hydrogen-bond donors (Lipinski definition) is 1. The smallest absolute Gasteiger partial charge is 0.309 e. The molecule has 0 saturated carbocycles. The molecule has 0 atom stereocenters. The largest absolute Gasteiger partial charge is 0.481 e. The van der Waals surface area contributed by atoms with Crippen molar-refractivity contribution in [2.75, 3.05) is 0 Å². The van der Waals surface area contributed by atoms with Crippen LogP contribution in [0.15, 0.2) is 0 Å². The van der Waals surface area contributed by atoms with Crippen LogP contribution in [-0.4, -0.2) is 20.9 Å². The van der Waals surface area contributed by atoms with Gasteiger partial charge in [0.25, 0.3) is 0 Å². The normalized spacial score (nSPS) is 10.2. The summed E-state index contributed by atoms with van der Waals surface area (Å²) in [6.07, 6.45) is 0.00745. The van der Waals surface area contributed by atoms with Gasteiger partial charge in [-0.25, -0.2) is 0 Å². The number of carboxylic acids is 1. The van der Waals surface area contributed by atoms with E-state index in [2.05, 4.69) is 5.10 Å². The predicted octanol–water partition coefficient (Wildman–Crippen LogP) is 0.664. The predicted molar refractivity (Wildman–Crippen MR) is 44.0 cm³/mol. The molecule has 0 bridgehead atoms. The summed E-state index contributed by atoms with van der Waals surface area (Å²) in [4.78, 5) is 10.4. The Balaban J connectivity index is 3.01. The second-order valence-electron chi connectivity index (χ2n) is 2.85. The maximum absolute atomic E-state index is 10.4. The van der Waals surface area contributed by atoms with Gasteiger partial charge in [0, 0.05) is 12.7 Å². The number of aromatic nitrogens is 2. The van der Waals surface area contributed by atoms with Gasteiger partial charge in [-0.1, -0.05) is 0 Å². The van der Waals surface area contributed by atoms with Crippen LogP contribution in [0.3, 0.4) is 0 Å². The van der Waals surface area contributed by atoms with Crippen LogP contribution >= 0.6 is 0 Å². The van der Waals surface area contributed by atoms with Crippen molar-refractivity contribution in [1.29, 1.82) is 0 Å². The van der Waals surface area contributed by atoms with E-state index in [1.54, 1.807) is 4.68 Å². The van der Waals surface area contributed by atoms with Crippen LogP contribution < -0.4 is 0 Å². The molecule has 0 aliphatic carbocycles. The Labute approximate surface area is 70.8 Å². The minimum atomic E-state index is -0.837. The van der Waals surface area contributed by atoms with Crippen LogP contribution in [0.2, 0.25) is 0 Å². The fourth-order valence-corrected chi connectivity index (χ4v) is 1.09. The Bertz CT molecular complexity index is 315. The fourth-order valence-electron chi connectivity index (χ4n) is 1.09. The van der Waals surface area contributed by atoms with E-state index in [9.17, 15) is 4.79 Å². The van der Waals surface area contributed by atoms with Crippen LogP contribution in [-0.2, 0) is 18.3 Å². The van der Waals surface area contributed by atoms with Gasteiger partial charge >= 0.3 is 5.97 Å². The van der Waals surface area contributed by atoms with Crippen molar-refractivity contribution < 1.29 is 9.90 Å². The molecule has 0 amide bonds. The molecule has 0 unspecified atom stereocenters. The lowest BCUT2D eigenvalue weighted by Crippen LogP contribution is -2.02. The van der Waals surface area contributed by atoms with Gasteiger partial charge in [0.05, 0.1) is 12.1 Å². The first-order chi connectivity index (χ1) is 5.52. The molecule has 1 rings (SSSR count). The van der Waals surface area contributed by atoms with Crippen molar-refractivity contribution in [3.63, 3.8) is 0 Å². The average Bonchev–Trinajstić information content (AvgIpc) is 2.17. The number of hydrogen-bond acceptors (Lipinski definition) is 2. The van der Waals surface area contributed by atoms with Crippen molar-refractivity contribution in [3.8, 4) is 0 Å². The van der Waals surface area contributed by atoms with Crippen molar-refractivity contribution in [2.24, 2.45) is 7.05 Å². The average molecular weight is 168 g/mol. The van der Waals surface area contributed by atoms with Gasteiger partial charge in [-0.05, 0) is 19.4 Å². The van der Waals surface area contributed by atoms with Crippen LogP contribution in [0.25, 0.3) is 0 Å². The van der Waals surface area contributed by atoms with E-state index in [1.165, 1.54) is 0 Å². The minimum absolute atomic E-state index is 0.00745. The third-order valence-electron chi connectivity index (χ3n) is 2.05. The molecule has 1 N–H and O–H groups in total. The summed E-state index contributed by atoms with van der Waals surface area (Å²) in [6, 6.07) is 0. The summed E-state index contributed by atoms with van der Waals surface area (Å²) in [5, 5.41) is 12.6. The Morgan fingerprint density at radius 3 is 2.50 bits per heavy atom. The van der Waals surface area contributed by atoms with Crippen molar-refractivity contribution >= 4 is 5.97 Å². The minimum Gasteiger partial charge on any atom is -0.481 e. The van der Waals surface area contributed by atoms with Crippen LogP contribution in [0.5, 0.6) is 0 Å². The standard InChI is InChI=1S/C8H12N2O2/c1-5-6(2)10(3)9-7(5)4-8(11)12/h4H2,1-3H3,(H,11,12). The summed E-state index contributed by atoms with van der Waals surface area (Å²) in [6.45, 7) is 3.81. The highest BCUT2D eigenvalue weighted by atomic mass is 16.4. The molecule has 0 fully saturated rings. The second kappa shape index (κ2) is 2.97. The molecule has 1 aromatic rings. The summed E-state index contributed by atoms with van der Waals surface area (Å²) >= 11 is 0. The lowest BCUT2D eigenvalue weighted by molar-refractivity contribution is -0.136. The summed E-state index contributed by atoms with van der Waals surface area (Å²) < 4.78 is 1.70. The van der Waals surface area contributed by atoms with Gasteiger partial charge < -0.3 is 5.11 Å². The zero-order valence-corrected chi connectivity index (χ0v) is 7.46. The topological polar surface area (TPSA) is 55.1 Å². The van der Waals surface area contributed by atoms with Gasteiger partial charge in [0.2, 0.25) is 0 Å². The Morgan fingerprint density at radius 2 is 2.17 bits per heavy atom. The summed E-state index contributed by atoms with van der Waals surface area (Å²) in [7, 11) is 1.81. The van der Waals surface area contributed by atoms with E-state index in [1.807, 2.05) is 20.9 Å². The molecule has 0 saturated heterocycles. The first-order valence-corrected chi connectivity index (χ1v) is 3.73. The molecule has 12 heavy (non-hydrogen) atoms. The first kappa shape index (κ1) is 8.77. The molecular weight excluding hydrogens is 156 g/mol. The highest BCUT2D eigenvalue weighted by Gasteiger charge is 2.10. The number of rotatable bonds is 2. The molecule has 0 aliphatic rings. The second-order valence-corrected chi connectivity index (χ2v) is 2.85. The van der Waals surface area contributed by atoms with Gasteiger partial charge in [-0.15, -0.1) is 0 Å². The van der Waals surface area contributed by atoms with E-state index in [-0.39, 0.29) is 6.42 Å². The Hall–Kier alpha value is -1.32. The summed E-state index contributed by atoms with van der Waals surface area (Å²) in [5.41, 5.74) is 2.65. The molecule has 4 nitrogen and oxygen atoms in total. The number of aryl methyl sites for hydroxylation is 1. The Kier molecular flexibility index (Phi) is 2.17. The maximum Gasteiger partial charge on any atom is 0.309 e. The first-order valence-electron chi connectivity index (χ1n) is 3.73. The summed E-state index contributed by atoms with van der Waals surface area (Å²) in [5.74, 6) is -0.837. The van der Waals surface area contributed by atoms with Gasteiger partial charge in [0.1, 0.15) is 0 Å². The van der Waals surface area contributed by atoms with E-state index in [4.69, 9.17) is 5.11 Å². The molecular formula is C8H12N2O2. The highest BCUT2D eigenvalue weighted by Crippen LogP contribution is 2.11. The molecule has 0 spiro atoms. The van der Waals surface area contributed by atoms with Crippen molar-refractivity contribution in [3.05, 3.63) is 17.0 Å². The number of carbonyl (C=O) groups is 1. The molecule has 1 heterocycles. The lowest BCUT2D eigenvalue weighted by Gasteiger charge is -1.91. The zero-order chi connectivity index (χ0) is 9.30. The van der Waals surface area contributed by atoms with Crippen molar-refractivity contribution in [1.82, 2.24) is 9.78 Å². The quantitative estimate of drug-likeness (QED) is 0.705. The zero-order valence-electron chi connectivity index (χ0n) is 7.46. The Morgan fingerprint density at radius 1 is 1.58 bits per heavy atom. The molecule has 66 valence electrons. The monoisotopic (exact) mass is 168 g/mol. The van der Waals surface area contributed by atoms with E-state index < -0.39 is 5.97 Å². The third-order valence-corrected chi connectivity index (χ3v) is 2.05. The lowest BCUT2D eigenvalue weighted by atomic mass is 10.2. The maximum atomic E-state index is 10.4. The van der Waals surface area contributed by atoms with Crippen LogP contribution in [0.4, 0.5) is 0 Å². The van der Waals surface area contributed by atoms with Gasteiger partial charge in [0.15, 0.2) is 0 Å². The highest BCUT2D eigenvalue weighted by molar-refractivity contribution is 5.70. The van der Waals surface area contributed by atoms with Crippen LogP contribution in [0, 0.1) is 13.8 Å². The van der Waals surface area contributed by atoms with E-state index >= 15 is 0 Å². The van der Waals surface area contributed by atoms with Gasteiger partial charge in [-0.3, -0.25) is 9.48 Å². The number of carboxylic acid groups (broad SMARTS) is 1. The molecule has 0 radical (unpaired) electrons. The van der Waals surface area contributed by atoms with Gasteiger partial charge in [-0.2, -0.15) is 5.10 Å². The molecule has 0 aliphatic heterocycles. The van der Waals surface area contributed by atoms with E-state index in [0.29, 0.717) is 5.69 Å². The van der Waals surface area contributed by atoms with Crippen molar-refractivity contribution in [2.45, 2.75) is 20.3 Å². The van der Waals surface area contributed by atoms with Crippen LogP contribution in [0.1, 0.15) is 17.0 Å². The fraction of sp³-hybridized carbons (Fsp3) is 0.500. The third kappa shape index (κ3) is 1.47. The molecule has 0 aromatic carbocycles. The molecule has 4 heteroatoms. The number of aliphatic carboxylic acids is 1. The SMILES string of the molecule is Cc1c(CC(=O)O)nn(C)c1C. The van der Waals surface area contributed by atoms with E-state index in [0.717, 1.165) is 11.3 Å². The number of nitrogens with zero attached hydrogens (tertiary/aromatic N) is 2. The molecule has 1 aromatic heterocycles.